The molecule has 0 bridgehead atoms. The zero-order valence-corrected chi connectivity index (χ0v) is 13.3. The largest absolute Gasteiger partial charge is 0.460 e. The van der Waals surface area contributed by atoms with Crippen LogP contribution in [0.3, 0.4) is 0 Å². The molecule has 0 spiro atoms. The summed E-state index contributed by atoms with van der Waals surface area (Å²) in [5.41, 5.74) is -2.44. The zero-order chi connectivity index (χ0) is 21.7. The predicted octanol–water partition coefficient (Wildman–Crippen LogP) is 3.98. The van der Waals surface area contributed by atoms with Crippen LogP contribution in [0.5, 0.6) is 5.88 Å². The lowest BCUT2D eigenvalue weighted by Gasteiger charge is -2.36. The van der Waals surface area contributed by atoms with Gasteiger partial charge < -0.3 is 4.18 Å². The number of hydrogen-bond acceptors (Lipinski definition) is 4. The van der Waals surface area contributed by atoms with Crippen molar-refractivity contribution in [3.05, 3.63) is 23.9 Å². The maximum atomic E-state index is 13.8. The van der Waals surface area contributed by atoms with E-state index in [0.717, 1.165) is 0 Å². The molecule has 0 saturated carbocycles. The summed E-state index contributed by atoms with van der Waals surface area (Å²) in [4.78, 5) is 2.46. The second kappa shape index (κ2) is 6.34. The minimum absolute atomic E-state index is 0.134. The summed E-state index contributed by atoms with van der Waals surface area (Å²) in [7, 11) is -4.46. The lowest BCUT2D eigenvalue weighted by atomic mass is 9.96. The first-order valence-electron chi connectivity index (χ1n) is 6.13. The van der Waals surface area contributed by atoms with Crippen LogP contribution < -0.4 is 4.18 Å². The number of alkyl halides is 11. The topological polar surface area (TPSA) is 56.3 Å². The smallest absolute Gasteiger partial charge is 0.362 e. The summed E-state index contributed by atoms with van der Waals surface area (Å²) in [6.07, 6.45) is -6.93. The number of halogens is 11. The Morgan fingerprint density at radius 2 is 1.30 bits per heavy atom. The molecule has 4 nitrogen and oxygen atoms in total. The molecule has 1 aromatic rings. The van der Waals surface area contributed by atoms with Crippen molar-refractivity contribution >= 4 is 10.1 Å². The maximum Gasteiger partial charge on any atom is 0.460 e. The van der Waals surface area contributed by atoms with E-state index in [9.17, 15) is 56.7 Å². The average molecular weight is 441 g/mol. The zero-order valence-electron chi connectivity index (χ0n) is 12.5. The normalized spacial score (nSPS) is 15.0. The van der Waals surface area contributed by atoms with Crippen LogP contribution in [-0.4, -0.2) is 43.6 Å². The molecule has 0 saturated heterocycles. The fourth-order valence-corrected chi connectivity index (χ4v) is 1.93. The Morgan fingerprint density at radius 1 is 0.815 bits per heavy atom. The summed E-state index contributed by atoms with van der Waals surface area (Å²) in [6.45, 7) is 0. The van der Waals surface area contributed by atoms with Crippen LogP contribution in [0.25, 0.3) is 0 Å². The van der Waals surface area contributed by atoms with Crippen LogP contribution in [0, 0.1) is 0 Å². The molecule has 0 aliphatic rings. The van der Waals surface area contributed by atoms with Crippen LogP contribution in [-0.2, 0) is 16.0 Å². The van der Waals surface area contributed by atoms with Crippen LogP contribution in [0.4, 0.5) is 48.3 Å². The van der Waals surface area contributed by atoms with Gasteiger partial charge in [-0.25, -0.2) is 4.98 Å². The molecule has 27 heavy (non-hydrogen) atoms. The molecule has 0 aliphatic carbocycles. The third-order valence-corrected chi connectivity index (χ3v) is 3.29. The molecule has 0 fully saturated rings. The van der Waals surface area contributed by atoms with Gasteiger partial charge in [0.25, 0.3) is 0 Å². The van der Waals surface area contributed by atoms with Crippen molar-refractivity contribution in [3.8, 4) is 5.88 Å². The molecule has 1 heterocycles. The number of rotatable bonds is 6. The monoisotopic (exact) mass is 441 g/mol. The van der Waals surface area contributed by atoms with E-state index in [4.69, 9.17) is 0 Å². The van der Waals surface area contributed by atoms with E-state index in [0.29, 0.717) is 18.4 Å². The van der Waals surface area contributed by atoms with Crippen LogP contribution in [0.15, 0.2) is 18.2 Å². The quantitative estimate of drug-likeness (QED) is 0.495. The van der Waals surface area contributed by atoms with E-state index >= 15 is 0 Å². The number of pyridine rings is 1. The van der Waals surface area contributed by atoms with Gasteiger partial charge >= 0.3 is 40.0 Å². The first-order valence-corrected chi connectivity index (χ1v) is 7.95. The Labute approximate surface area is 143 Å². The van der Waals surface area contributed by atoms with Gasteiger partial charge in [0.1, 0.15) is 5.69 Å². The lowest BCUT2D eigenvalue weighted by molar-refractivity contribution is -0.425. The van der Waals surface area contributed by atoms with E-state index in [1.165, 1.54) is 0 Å². The van der Waals surface area contributed by atoms with E-state index < -0.39 is 51.6 Å². The van der Waals surface area contributed by atoms with Gasteiger partial charge in [-0.15, -0.1) is 0 Å². The van der Waals surface area contributed by atoms with Crippen molar-refractivity contribution in [2.45, 2.75) is 29.9 Å². The van der Waals surface area contributed by atoms with Gasteiger partial charge in [-0.3, -0.25) is 0 Å². The van der Waals surface area contributed by atoms with Gasteiger partial charge in [-0.1, -0.05) is 6.07 Å². The third kappa shape index (κ3) is 3.89. The van der Waals surface area contributed by atoms with E-state index in [1.54, 1.807) is 0 Å². The molecule has 16 heteroatoms. The molecule has 0 unspecified atom stereocenters. The van der Waals surface area contributed by atoms with Gasteiger partial charge in [-0.2, -0.15) is 56.7 Å². The van der Waals surface area contributed by atoms with Crippen LogP contribution >= 0.6 is 0 Å². The molecule has 1 rings (SSSR count). The van der Waals surface area contributed by atoms with Crippen molar-refractivity contribution in [3.63, 3.8) is 0 Å². The summed E-state index contributed by atoms with van der Waals surface area (Å²) in [5, 5.41) is 0. The third-order valence-electron chi connectivity index (χ3n) is 2.82. The number of aromatic nitrogens is 1. The van der Waals surface area contributed by atoms with Crippen molar-refractivity contribution in [2.24, 2.45) is 0 Å². The molecule has 0 amide bonds. The molecule has 0 aliphatic heterocycles. The highest BCUT2D eigenvalue weighted by atomic mass is 32.2. The second-order valence-electron chi connectivity index (χ2n) is 4.94. The molecule has 1 aromatic heterocycles. The van der Waals surface area contributed by atoms with Gasteiger partial charge in [0, 0.05) is 6.07 Å². The summed E-state index contributed by atoms with van der Waals surface area (Å²) in [5.74, 6) is -30.2. The highest BCUT2D eigenvalue weighted by Gasteiger charge is 2.87. The van der Waals surface area contributed by atoms with Crippen LogP contribution in [0.2, 0.25) is 0 Å². The van der Waals surface area contributed by atoms with Crippen LogP contribution in [0.1, 0.15) is 5.69 Å². The molecule has 0 radical (unpaired) electrons. The van der Waals surface area contributed by atoms with Gasteiger partial charge in [0.2, 0.25) is 5.88 Å². The number of hydrogen-bond donors (Lipinski definition) is 0. The molecule has 0 atom stereocenters. The first kappa shape index (κ1) is 23.2. The summed E-state index contributed by atoms with van der Waals surface area (Å²) >= 11 is 0. The first-order chi connectivity index (χ1) is 11.7. The molecular weight excluding hydrogens is 435 g/mol. The molecule has 0 N–H and O–H groups in total. The van der Waals surface area contributed by atoms with E-state index in [1.807, 2.05) is 0 Å². The Balaban J connectivity index is 3.51. The second-order valence-corrected chi connectivity index (χ2v) is 6.52. The van der Waals surface area contributed by atoms with Crippen molar-refractivity contribution < 1.29 is 60.9 Å². The van der Waals surface area contributed by atoms with E-state index in [2.05, 4.69) is 9.17 Å². The Hall–Kier alpha value is -1.87. The maximum absolute atomic E-state index is 13.8. The standard InChI is InChI=1S/C11H6F11NO3S/c1-27(24,25)26-6-4-2-3-5(23-6)7(12,13)8(14,15)9(16,17)10(18,19)11(20,21)22/h2-4H,1H3. The average Bonchev–Trinajstić information content (AvgIpc) is 2.43. The molecule has 156 valence electrons. The molecular formula is C11H6F11NO3S. The SMILES string of the molecule is CS(=O)(=O)Oc1cccc(C(F)(F)C(F)(F)C(F)(F)C(F)(F)C(F)(F)F)n1. The van der Waals surface area contributed by atoms with Gasteiger partial charge in [-0.05, 0) is 6.07 Å². The van der Waals surface area contributed by atoms with Crippen molar-refractivity contribution in [1.82, 2.24) is 4.98 Å². The molecule has 0 aromatic carbocycles. The lowest BCUT2D eigenvalue weighted by Crippen LogP contribution is -2.65. The highest BCUT2D eigenvalue weighted by molar-refractivity contribution is 7.86. The minimum atomic E-state index is -7.60. The summed E-state index contributed by atoms with van der Waals surface area (Å²) in [6, 6.07) is 0.693. The van der Waals surface area contributed by atoms with Gasteiger partial charge in [0.15, 0.2) is 0 Å². The minimum Gasteiger partial charge on any atom is -0.362 e. The highest BCUT2D eigenvalue weighted by Crippen LogP contribution is 2.59. The Kier molecular flexibility index (Phi) is 5.44. The van der Waals surface area contributed by atoms with Gasteiger partial charge in [0.05, 0.1) is 6.26 Å². The fourth-order valence-electron chi connectivity index (χ4n) is 1.52. The Bertz CT molecular complexity index is 804. The van der Waals surface area contributed by atoms with Crippen molar-refractivity contribution in [1.29, 1.82) is 0 Å². The van der Waals surface area contributed by atoms with E-state index in [-0.39, 0.29) is 6.07 Å². The fraction of sp³-hybridized carbons (Fsp3) is 0.545. The summed E-state index contributed by atoms with van der Waals surface area (Å²) < 4.78 is 168. The Morgan fingerprint density at radius 3 is 1.70 bits per heavy atom. The number of nitrogens with zero attached hydrogens (tertiary/aromatic N) is 1. The predicted molar refractivity (Wildman–Crippen MR) is 64.5 cm³/mol. The van der Waals surface area contributed by atoms with Crippen molar-refractivity contribution in [2.75, 3.05) is 6.26 Å².